The van der Waals surface area contributed by atoms with Crippen molar-refractivity contribution >= 4 is 46.2 Å². The Bertz CT molecular complexity index is 1190. The van der Waals surface area contributed by atoms with Crippen LogP contribution in [-0.2, 0) is 11.4 Å². The van der Waals surface area contributed by atoms with Gasteiger partial charge in [0.1, 0.15) is 23.8 Å². The van der Waals surface area contributed by atoms with E-state index in [2.05, 4.69) is 10.3 Å². The number of phenols is 1. The Kier molecular flexibility index (Phi) is 6.30. The first-order chi connectivity index (χ1) is 15.0. The average molecular weight is 451 g/mol. The van der Waals surface area contributed by atoms with Gasteiger partial charge in [0.05, 0.1) is 4.91 Å². The summed E-state index contributed by atoms with van der Waals surface area (Å²) in [5.74, 6) is 0.459. The number of para-hydroxylation sites is 2. The van der Waals surface area contributed by atoms with Crippen LogP contribution in [0.25, 0.3) is 6.08 Å². The minimum Gasteiger partial charge on any atom is -0.506 e. The summed E-state index contributed by atoms with van der Waals surface area (Å²) in [5.41, 5.74) is 2.91. The minimum absolute atomic E-state index is 0.0677. The van der Waals surface area contributed by atoms with E-state index in [1.807, 2.05) is 61.5 Å². The van der Waals surface area contributed by atoms with Gasteiger partial charge in [-0.2, -0.15) is 0 Å². The number of aryl methyl sites for hydroxylation is 1. The molecule has 1 aliphatic heterocycles. The highest BCUT2D eigenvalue weighted by Gasteiger charge is 2.25. The molecular formula is C24H19ClN2O3S. The highest BCUT2D eigenvalue weighted by atomic mass is 35.5. The van der Waals surface area contributed by atoms with E-state index < -0.39 is 0 Å². The smallest absolute Gasteiger partial charge is 0.264 e. The molecule has 0 spiro atoms. The molecule has 1 saturated heterocycles. The summed E-state index contributed by atoms with van der Waals surface area (Å²) in [6, 6.07) is 20.2. The van der Waals surface area contributed by atoms with E-state index in [9.17, 15) is 9.90 Å². The number of carbonyl (C=O) groups is 1. The van der Waals surface area contributed by atoms with Gasteiger partial charge < -0.3 is 15.2 Å². The number of aliphatic imine (C=N–C) groups is 1. The third-order valence-corrected chi connectivity index (χ3v) is 5.91. The van der Waals surface area contributed by atoms with Gasteiger partial charge in [0, 0.05) is 16.1 Å². The van der Waals surface area contributed by atoms with Crippen LogP contribution in [0.1, 0.15) is 16.7 Å². The molecule has 0 radical (unpaired) electrons. The van der Waals surface area contributed by atoms with E-state index in [0.29, 0.717) is 33.1 Å². The third kappa shape index (κ3) is 4.93. The zero-order valence-electron chi connectivity index (χ0n) is 16.6. The van der Waals surface area contributed by atoms with Gasteiger partial charge in [0.2, 0.25) is 0 Å². The standard InChI is InChI=1S/C24H19ClN2O3S/c1-15-7-6-11-19(28)22(15)26-24-27-23(29)21(31-24)13-16-8-3-5-12-20(16)30-14-17-9-2-4-10-18(17)25/h2-13,28H,14H2,1H3,(H,26,27,29)/b21-13-. The molecule has 1 fully saturated rings. The molecule has 0 aromatic heterocycles. The second kappa shape index (κ2) is 9.29. The third-order valence-electron chi connectivity index (χ3n) is 4.63. The predicted molar refractivity (Wildman–Crippen MR) is 126 cm³/mol. The topological polar surface area (TPSA) is 70.9 Å². The number of halogens is 1. The van der Waals surface area contributed by atoms with Crippen LogP contribution in [0.5, 0.6) is 11.5 Å². The maximum absolute atomic E-state index is 12.5. The number of ether oxygens (including phenoxy) is 1. The first-order valence-electron chi connectivity index (χ1n) is 9.54. The van der Waals surface area contributed by atoms with Crippen LogP contribution >= 0.6 is 23.4 Å². The molecule has 3 aromatic carbocycles. The predicted octanol–water partition coefficient (Wildman–Crippen LogP) is 5.82. The molecule has 0 saturated carbocycles. The molecule has 1 amide bonds. The second-order valence-electron chi connectivity index (χ2n) is 6.84. The molecule has 156 valence electrons. The number of thioether (sulfide) groups is 1. The van der Waals surface area contributed by atoms with E-state index in [-0.39, 0.29) is 11.7 Å². The molecule has 7 heteroatoms. The van der Waals surface area contributed by atoms with E-state index in [1.165, 1.54) is 11.8 Å². The SMILES string of the molecule is Cc1cccc(O)c1N=C1NC(=O)/C(=C/c2ccccc2OCc2ccccc2Cl)S1. The normalized spacial score (nSPS) is 16.0. The zero-order valence-corrected chi connectivity index (χ0v) is 18.2. The average Bonchev–Trinajstić information content (AvgIpc) is 3.10. The maximum Gasteiger partial charge on any atom is 0.264 e. The number of benzene rings is 3. The van der Waals surface area contributed by atoms with Crippen LogP contribution in [0.2, 0.25) is 5.02 Å². The van der Waals surface area contributed by atoms with Crippen molar-refractivity contribution in [2.45, 2.75) is 13.5 Å². The van der Waals surface area contributed by atoms with Crippen LogP contribution in [-0.4, -0.2) is 16.2 Å². The van der Waals surface area contributed by atoms with Gasteiger partial charge >= 0.3 is 0 Å². The Morgan fingerprint density at radius 1 is 1.10 bits per heavy atom. The molecular weight excluding hydrogens is 432 g/mol. The van der Waals surface area contributed by atoms with Gasteiger partial charge in [-0.25, -0.2) is 4.99 Å². The lowest BCUT2D eigenvalue weighted by molar-refractivity contribution is -0.115. The Balaban J connectivity index is 1.56. The Morgan fingerprint density at radius 2 is 1.87 bits per heavy atom. The molecule has 0 atom stereocenters. The molecule has 5 nitrogen and oxygen atoms in total. The molecule has 0 aliphatic carbocycles. The fourth-order valence-electron chi connectivity index (χ4n) is 3.01. The van der Waals surface area contributed by atoms with Crippen LogP contribution in [0.15, 0.2) is 76.6 Å². The number of hydrogen-bond acceptors (Lipinski definition) is 5. The van der Waals surface area contributed by atoms with Crippen molar-refractivity contribution < 1.29 is 14.6 Å². The maximum atomic E-state index is 12.5. The molecule has 4 rings (SSSR count). The number of amidine groups is 1. The van der Waals surface area contributed by atoms with Crippen molar-refractivity contribution in [3.8, 4) is 11.5 Å². The van der Waals surface area contributed by atoms with Crippen molar-refractivity contribution in [3.63, 3.8) is 0 Å². The minimum atomic E-state index is -0.252. The Labute approximate surface area is 189 Å². The largest absolute Gasteiger partial charge is 0.506 e. The van der Waals surface area contributed by atoms with Crippen molar-refractivity contribution in [3.05, 3.63) is 93.3 Å². The summed E-state index contributed by atoms with van der Waals surface area (Å²) in [6.45, 7) is 2.17. The van der Waals surface area contributed by atoms with E-state index in [0.717, 1.165) is 16.7 Å². The lowest BCUT2D eigenvalue weighted by atomic mass is 10.2. The van der Waals surface area contributed by atoms with Crippen LogP contribution < -0.4 is 10.1 Å². The molecule has 31 heavy (non-hydrogen) atoms. The number of carbonyl (C=O) groups excluding carboxylic acids is 1. The van der Waals surface area contributed by atoms with Crippen LogP contribution in [0, 0.1) is 6.92 Å². The van der Waals surface area contributed by atoms with Crippen LogP contribution in [0.3, 0.4) is 0 Å². The number of phenolic OH excluding ortho intramolecular Hbond substituents is 1. The first kappa shape index (κ1) is 21.0. The van der Waals surface area contributed by atoms with Gasteiger partial charge in [-0.3, -0.25) is 4.79 Å². The fourth-order valence-corrected chi connectivity index (χ4v) is 4.02. The number of hydrogen-bond donors (Lipinski definition) is 2. The summed E-state index contributed by atoms with van der Waals surface area (Å²) in [4.78, 5) is 17.4. The Morgan fingerprint density at radius 3 is 2.68 bits per heavy atom. The highest BCUT2D eigenvalue weighted by Crippen LogP contribution is 2.34. The van der Waals surface area contributed by atoms with E-state index in [4.69, 9.17) is 16.3 Å². The summed E-state index contributed by atoms with van der Waals surface area (Å²) in [5, 5.41) is 13.9. The van der Waals surface area contributed by atoms with Crippen molar-refractivity contribution in [2.75, 3.05) is 0 Å². The molecule has 2 N–H and O–H groups in total. The van der Waals surface area contributed by atoms with Gasteiger partial charge in [-0.15, -0.1) is 0 Å². The molecule has 1 aliphatic rings. The van der Waals surface area contributed by atoms with Crippen molar-refractivity contribution in [1.82, 2.24) is 5.32 Å². The quantitative estimate of drug-likeness (QED) is 0.480. The second-order valence-corrected chi connectivity index (χ2v) is 8.28. The van der Waals surface area contributed by atoms with Crippen molar-refractivity contribution in [1.29, 1.82) is 0 Å². The first-order valence-corrected chi connectivity index (χ1v) is 10.7. The molecule has 3 aromatic rings. The number of amides is 1. The number of nitrogens with zero attached hydrogens (tertiary/aromatic N) is 1. The fraction of sp³-hybridized carbons (Fsp3) is 0.0833. The number of rotatable bonds is 5. The lowest BCUT2D eigenvalue weighted by Crippen LogP contribution is -2.19. The summed E-state index contributed by atoms with van der Waals surface area (Å²) in [6.07, 6.45) is 1.77. The molecule has 0 bridgehead atoms. The lowest BCUT2D eigenvalue weighted by Gasteiger charge is -2.10. The highest BCUT2D eigenvalue weighted by molar-refractivity contribution is 8.18. The van der Waals surface area contributed by atoms with Crippen LogP contribution in [0.4, 0.5) is 5.69 Å². The molecule has 1 heterocycles. The molecule has 0 unspecified atom stereocenters. The van der Waals surface area contributed by atoms with Gasteiger partial charge in [-0.05, 0) is 48.5 Å². The van der Waals surface area contributed by atoms with Crippen molar-refractivity contribution in [2.24, 2.45) is 4.99 Å². The number of aromatic hydroxyl groups is 1. The zero-order chi connectivity index (χ0) is 21.8. The summed E-state index contributed by atoms with van der Waals surface area (Å²) < 4.78 is 5.97. The number of nitrogens with one attached hydrogen (secondary N) is 1. The summed E-state index contributed by atoms with van der Waals surface area (Å²) in [7, 11) is 0. The van der Waals surface area contributed by atoms with Gasteiger partial charge in [0.25, 0.3) is 5.91 Å². The van der Waals surface area contributed by atoms with Gasteiger partial charge in [-0.1, -0.05) is 60.1 Å². The van der Waals surface area contributed by atoms with E-state index >= 15 is 0 Å². The summed E-state index contributed by atoms with van der Waals surface area (Å²) >= 11 is 7.43. The Hall–Kier alpha value is -3.22. The van der Waals surface area contributed by atoms with E-state index in [1.54, 1.807) is 18.2 Å². The monoisotopic (exact) mass is 450 g/mol. The van der Waals surface area contributed by atoms with Gasteiger partial charge in [0.15, 0.2) is 5.17 Å².